The van der Waals surface area contributed by atoms with Crippen molar-refractivity contribution in [3.05, 3.63) is 0 Å². The van der Waals surface area contributed by atoms with Gasteiger partial charge in [-0.15, -0.1) is 0 Å². The molecule has 1 nitrogen and oxygen atoms in total. The number of nitrogens with two attached hydrogens (primary N) is 1. The number of hydrogen-bond donors (Lipinski definition) is 1. The monoisotopic (exact) mass is 147 g/mol. The zero-order valence-corrected chi connectivity index (χ0v) is 7.21. The molecule has 0 saturated heterocycles. The largest absolute Gasteiger partial charge is 0.330 e. The van der Waals surface area contributed by atoms with Crippen molar-refractivity contribution in [2.75, 3.05) is 12.3 Å². The topological polar surface area (TPSA) is 26.0 Å². The summed E-state index contributed by atoms with van der Waals surface area (Å²) in [5.74, 6) is 1.11. The van der Waals surface area contributed by atoms with E-state index in [-0.39, 0.29) is 0 Å². The first kappa shape index (κ1) is 9.31. The first-order valence-corrected chi connectivity index (χ1v) is 4.67. The van der Waals surface area contributed by atoms with Crippen LogP contribution in [0.4, 0.5) is 0 Å². The molecule has 0 aromatic carbocycles. The van der Waals surface area contributed by atoms with Crippen molar-refractivity contribution in [1.29, 1.82) is 0 Å². The molecule has 0 aromatic heterocycles. The first-order valence-electron chi connectivity index (χ1n) is 3.63. The van der Waals surface area contributed by atoms with Gasteiger partial charge in [0, 0.05) is 17.5 Å². The lowest BCUT2D eigenvalue weighted by molar-refractivity contribution is 0.786. The van der Waals surface area contributed by atoms with Crippen molar-refractivity contribution < 1.29 is 0 Å². The van der Waals surface area contributed by atoms with Crippen molar-refractivity contribution in [3.63, 3.8) is 0 Å². The smallest absolute Gasteiger partial charge is 0.00585 e. The maximum atomic E-state index is 5.35. The number of hydrogen-bond acceptors (Lipinski definition) is 2. The van der Waals surface area contributed by atoms with Gasteiger partial charge < -0.3 is 5.73 Å². The van der Waals surface area contributed by atoms with E-state index in [0.717, 1.165) is 17.5 Å². The molecule has 0 spiro atoms. The molecule has 2 heteroatoms. The average Bonchev–Trinajstić information content (AvgIpc) is 1.85. The van der Waals surface area contributed by atoms with Crippen LogP contribution in [0.3, 0.4) is 0 Å². The molecule has 0 saturated carbocycles. The molecule has 9 heavy (non-hydrogen) atoms. The minimum atomic E-state index is 0.804. The fourth-order valence-corrected chi connectivity index (χ4v) is 1.70. The van der Waals surface area contributed by atoms with E-state index in [1.807, 2.05) is 11.8 Å². The third-order valence-corrected chi connectivity index (χ3v) is 2.49. The highest BCUT2D eigenvalue weighted by atomic mass is 32.2. The van der Waals surface area contributed by atoms with Crippen LogP contribution in [0, 0.1) is 0 Å². The van der Waals surface area contributed by atoms with Crippen molar-refractivity contribution in [2.45, 2.75) is 31.9 Å². The summed E-state index contributed by atoms with van der Waals surface area (Å²) in [6.45, 7) is 5.31. The van der Waals surface area contributed by atoms with Gasteiger partial charge in [0.2, 0.25) is 0 Å². The summed E-state index contributed by atoms with van der Waals surface area (Å²) in [5.41, 5.74) is 5.35. The molecule has 0 radical (unpaired) electrons. The molecule has 1 atom stereocenters. The highest BCUT2D eigenvalue weighted by Crippen LogP contribution is 2.13. The lowest BCUT2D eigenvalue weighted by atomic mass is 10.3. The Bertz CT molecular complexity index is 56.9. The maximum Gasteiger partial charge on any atom is 0.00585 e. The van der Waals surface area contributed by atoms with E-state index >= 15 is 0 Å². The van der Waals surface area contributed by atoms with E-state index in [1.165, 1.54) is 12.8 Å². The van der Waals surface area contributed by atoms with Crippen molar-refractivity contribution in [3.8, 4) is 0 Å². The van der Waals surface area contributed by atoms with Crippen LogP contribution in [0.25, 0.3) is 0 Å². The molecule has 0 heterocycles. The highest BCUT2D eigenvalue weighted by Gasteiger charge is 1.97. The quantitative estimate of drug-likeness (QED) is 0.642. The van der Waals surface area contributed by atoms with Gasteiger partial charge in [0.05, 0.1) is 0 Å². The zero-order chi connectivity index (χ0) is 7.11. The molecule has 0 aliphatic carbocycles. The van der Waals surface area contributed by atoms with E-state index in [0.29, 0.717) is 0 Å². The van der Waals surface area contributed by atoms with E-state index in [1.54, 1.807) is 0 Å². The SMILES string of the molecule is CCCC(C)SCCN. The summed E-state index contributed by atoms with van der Waals surface area (Å²) in [6.07, 6.45) is 2.61. The van der Waals surface area contributed by atoms with Gasteiger partial charge in [0.15, 0.2) is 0 Å². The summed E-state index contributed by atoms with van der Waals surface area (Å²) in [6, 6.07) is 0. The lowest BCUT2D eigenvalue weighted by Crippen LogP contribution is -2.05. The predicted molar refractivity (Wildman–Crippen MR) is 45.9 cm³/mol. The van der Waals surface area contributed by atoms with Gasteiger partial charge in [0.25, 0.3) is 0 Å². The Labute approximate surface area is 62.4 Å². The van der Waals surface area contributed by atoms with Crippen LogP contribution in [-0.4, -0.2) is 17.5 Å². The molecular formula is C7H17NS. The number of rotatable bonds is 5. The van der Waals surface area contributed by atoms with E-state index in [9.17, 15) is 0 Å². The second kappa shape index (κ2) is 6.43. The standard InChI is InChI=1S/C7H17NS/c1-3-4-7(2)9-6-5-8/h7H,3-6,8H2,1-2H3. The van der Waals surface area contributed by atoms with Gasteiger partial charge in [-0.3, -0.25) is 0 Å². The second-order valence-electron chi connectivity index (χ2n) is 2.26. The maximum absolute atomic E-state index is 5.35. The molecular weight excluding hydrogens is 130 g/mol. The van der Waals surface area contributed by atoms with Gasteiger partial charge in [-0.2, -0.15) is 11.8 Å². The molecule has 56 valence electrons. The molecule has 0 aliphatic heterocycles. The normalized spacial score (nSPS) is 13.7. The molecule has 0 amide bonds. The van der Waals surface area contributed by atoms with Crippen LogP contribution < -0.4 is 5.73 Å². The van der Waals surface area contributed by atoms with Crippen LogP contribution in [0.2, 0.25) is 0 Å². The summed E-state index contributed by atoms with van der Waals surface area (Å²) < 4.78 is 0. The Kier molecular flexibility index (Phi) is 6.65. The van der Waals surface area contributed by atoms with Crippen LogP contribution >= 0.6 is 11.8 Å². The molecule has 0 rings (SSSR count). The molecule has 0 bridgehead atoms. The van der Waals surface area contributed by atoms with Gasteiger partial charge in [-0.1, -0.05) is 20.3 Å². The second-order valence-corrected chi connectivity index (χ2v) is 3.81. The molecule has 0 fully saturated rings. The Hall–Kier alpha value is 0.310. The summed E-state index contributed by atoms with van der Waals surface area (Å²) >= 11 is 1.98. The van der Waals surface area contributed by atoms with E-state index in [4.69, 9.17) is 5.73 Å². The van der Waals surface area contributed by atoms with Crippen LogP contribution in [0.1, 0.15) is 26.7 Å². The molecule has 1 unspecified atom stereocenters. The van der Waals surface area contributed by atoms with Gasteiger partial charge in [0.1, 0.15) is 0 Å². The fraction of sp³-hybridized carbons (Fsp3) is 1.00. The number of thioether (sulfide) groups is 1. The Morgan fingerprint density at radius 1 is 1.56 bits per heavy atom. The van der Waals surface area contributed by atoms with Crippen LogP contribution in [0.5, 0.6) is 0 Å². The van der Waals surface area contributed by atoms with Gasteiger partial charge >= 0.3 is 0 Å². The fourth-order valence-electron chi connectivity index (χ4n) is 0.759. The van der Waals surface area contributed by atoms with Crippen LogP contribution in [0.15, 0.2) is 0 Å². The summed E-state index contributed by atoms with van der Waals surface area (Å²) in [5, 5.41) is 0.804. The van der Waals surface area contributed by atoms with Crippen molar-refractivity contribution >= 4 is 11.8 Å². The molecule has 0 aromatic rings. The van der Waals surface area contributed by atoms with Gasteiger partial charge in [-0.05, 0) is 6.42 Å². The molecule has 0 aliphatic rings. The van der Waals surface area contributed by atoms with Crippen LogP contribution in [-0.2, 0) is 0 Å². The minimum absolute atomic E-state index is 0.804. The lowest BCUT2D eigenvalue weighted by Gasteiger charge is -2.06. The Balaban J connectivity index is 2.95. The highest BCUT2D eigenvalue weighted by molar-refractivity contribution is 7.99. The third-order valence-electron chi connectivity index (χ3n) is 1.22. The van der Waals surface area contributed by atoms with E-state index < -0.39 is 0 Å². The molecule has 2 N–H and O–H groups in total. The predicted octanol–water partition coefficient (Wildman–Crippen LogP) is 1.87. The summed E-state index contributed by atoms with van der Waals surface area (Å²) in [4.78, 5) is 0. The Morgan fingerprint density at radius 2 is 2.22 bits per heavy atom. The average molecular weight is 147 g/mol. The summed E-state index contributed by atoms with van der Waals surface area (Å²) in [7, 11) is 0. The van der Waals surface area contributed by atoms with E-state index in [2.05, 4.69) is 13.8 Å². The Morgan fingerprint density at radius 3 is 2.67 bits per heavy atom. The van der Waals surface area contributed by atoms with Crippen molar-refractivity contribution in [2.24, 2.45) is 5.73 Å². The zero-order valence-electron chi connectivity index (χ0n) is 6.39. The third kappa shape index (κ3) is 6.19. The first-order chi connectivity index (χ1) is 4.31. The van der Waals surface area contributed by atoms with Gasteiger partial charge in [-0.25, -0.2) is 0 Å². The van der Waals surface area contributed by atoms with Crippen molar-refractivity contribution in [1.82, 2.24) is 0 Å². The minimum Gasteiger partial charge on any atom is -0.330 e.